The molecule has 2 aromatic rings. The summed E-state index contributed by atoms with van der Waals surface area (Å²) >= 11 is 6.22. The summed E-state index contributed by atoms with van der Waals surface area (Å²) in [5.74, 6) is -0.344. The lowest BCUT2D eigenvalue weighted by Gasteiger charge is -2.36. The van der Waals surface area contributed by atoms with Gasteiger partial charge in [0.1, 0.15) is 0 Å². The molecule has 0 radical (unpaired) electrons. The molecule has 2 N–H and O–H groups in total. The summed E-state index contributed by atoms with van der Waals surface area (Å²) < 4.78 is 0. The largest absolute Gasteiger partial charge is 0.367 e. The minimum absolute atomic E-state index is 0.317. The molecule has 1 heterocycles. The molecule has 7 heteroatoms. The molecule has 3 rings (SSSR count). The first-order valence-electron chi connectivity index (χ1n) is 8.05. The first kappa shape index (κ1) is 17.1. The van der Waals surface area contributed by atoms with Gasteiger partial charge in [0.2, 0.25) is 0 Å². The lowest BCUT2D eigenvalue weighted by molar-refractivity contribution is 0.0929. The highest BCUT2D eigenvalue weighted by Crippen LogP contribution is 2.25. The summed E-state index contributed by atoms with van der Waals surface area (Å²) in [5, 5.41) is 0.704. The second-order valence-electron chi connectivity index (χ2n) is 5.68. The van der Waals surface area contributed by atoms with Crippen LogP contribution >= 0.6 is 11.6 Å². The van der Waals surface area contributed by atoms with Crippen molar-refractivity contribution in [2.45, 2.75) is 0 Å². The lowest BCUT2D eigenvalue weighted by atomic mass is 10.2. The number of rotatable bonds is 2. The second kappa shape index (κ2) is 7.90. The van der Waals surface area contributed by atoms with Crippen molar-refractivity contribution in [2.24, 2.45) is 0 Å². The Labute approximate surface area is 151 Å². The van der Waals surface area contributed by atoms with Gasteiger partial charge in [0.05, 0.1) is 10.7 Å². The molecule has 0 saturated carbocycles. The van der Waals surface area contributed by atoms with Crippen LogP contribution in [0.5, 0.6) is 0 Å². The highest BCUT2D eigenvalue weighted by Gasteiger charge is 2.22. The van der Waals surface area contributed by atoms with Crippen molar-refractivity contribution >= 4 is 29.2 Å². The smallest absolute Gasteiger partial charge is 0.336 e. The average Bonchev–Trinajstić information content (AvgIpc) is 2.67. The molecule has 2 aromatic carbocycles. The highest BCUT2D eigenvalue weighted by atomic mass is 35.5. The van der Waals surface area contributed by atoms with Gasteiger partial charge in [0.25, 0.3) is 5.91 Å². The van der Waals surface area contributed by atoms with Crippen molar-refractivity contribution in [1.82, 2.24) is 15.8 Å². The molecule has 1 aliphatic heterocycles. The van der Waals surface area contributed by atoms with Gasteiger partial charge in [-0.1, -0.05) is 41.9 Å². The van der Waals surface area contributed by atoms with E-state index >= 15 is 0 Å². The Morgan fingerprint density at radius 1 is 0.840 bits per heavy atom. The number of para-hydroxylation sites is 1. The molecule has 130 valence electrons. The first-order chi connectivity index (χ1) is 12.1. The van der Waals surface area contributed by atoms with Crippen LogP contribution in [0.1, 0.15) is 10.4 Å². The molecule has 0 aromatic heterocycles. The summed E-state index contributed by atoms with van der Waals surface area (Å²) in [6.07, 6.45) is 0. The van der Waals surface area contributed by atoms with E-state index in [2.05, 4.69) is 15.8 Å². The third kappa shape index (κ3) is 4.22. The zero-order valence-electron chi connectivity index (χ0n) is 13.6. The quantitative estimate of drug-likeness (QED) is 0.811. The van der Waals surface area contributed by atoms with Gasteiger partial charge in [-0.25, -0.2) is 10.2 Å². The van der Waals surface area contributed by atoms with E-state index in [1.807, 2.05) is 30.3 Å². The number of hydrogen-bond donors (Lipinski definition) is 2. The number of amides is 3. The summed E-state index contributed by atoms with van der Waals surface area (Å²) in [7, 11) is 0. The van der Waals surface area contributed by atoms with Crippen LogP contribution < -0.4 is 15.8 Å². The summed E-state index contributed by atoms with van der Waals surface area (Å²) in [6, 6.07) is 16.1. The van der Waals surface area contributed by atoms with Gasteiger partial charge in [0.15, 0.2) is 0 Å². The van der Waals surface area contributed by atoms with Crippen molar-refractivity contribution in [3.8, 4) is 0 Å². The number of halogens is 1. The SMILES string of the molecule is O=C(NNC(=O)N1CCN(c2ccccc2Cl)CC1)c1ccccc1. The molecule has 0 bridgehead atoms. The summed E-state index contributed by atoms with van der Waals surface area (Å²) in [4.78, 5) is 28.0. The van der Waals surface area contributed by atoms with Crippen molar-refractivity contribution in [1.29, 1.82) is 0 Å². The molecule has 3 amide bonds. The zero-order chi connectivity index (χ0) is 17.6. The van der Waals surface area contributed by atoms with Crippen LogP contribution in [0.25, 0.3) is 0 Å². The van der Waals surface area contributed by atoms with Gasteiger partial charge in [-0.15, -0.1) is 0 Å². The fraction of sp³-hybridized carbons (Fsp3) is 0.222. The van der Waals surface area contributed by atoms with E-state index < -0.39 is 0 Å². The fourth-order valence-corrected chi connectivity index (χ4v) is 2.96. The molecule has 0 unspecified atom stereocenters. The van der Waals surface area contributed by atoms with Crippen molar-refractivity contribution in [3.63, 3.8) is 0 Å². The van der Waals surface area contributed by atoms with Crippen molar-refractivity contribution in [2.75, 3.05) is 31.1 Å². The zero-order valence-corrected chi connectivity index (χ0v) is 14.4. The van der Waals surface area contributed by atoms with Crippen LogP contribution in [-0.4, -0.2) is 43.0 Å². The number of nitrogens with one attached hydrogen (secondary N) is 2. The van der Waals surface area contributed by atoms with Gasteiger partial charge in [0, 0.05) is 31.7 Å². The maximum atomic E-state index is 12.2. The lowest BCUT2D eigenvalue weighted by Crippen LogP contribution is -2.55. The van der Waals surface area contributed by atoms with Crippen LogP contribution in [-0.2, 0) is 0 Å². The fourth-order valence-electron chi connectivity index (χ4n) is 2.71. The number of hydrazine groups is 1. The van der Waals surface area contributed by atoms with Crippen molar-refractivity contribution in [3.05, 3.63) is 65.2 Å². The standard InChI is InChI=1S/C18H19ClN4O2/c19-15-8-4-5-9-16(15)22-10-12-23(13-11-22)18(25)21-20-17(24)14-6-2-1-3-7-14/h1-9H,10-13H2,(H,20,24)(H,21,25). The molecule has 6 nitrogen and oxygen atoms in total. The number of nitrogens with zero attached hydrogens (tertiary/aromatic N) is 2. The van der Waals surface area contributed by atoms with E-state index in [9.17, 15) is 9.59 Å². The van der Waals surface area contributed by atoms with Crippen LogP contribution in [0.15, 0.2) is 54.6 Å². The van der Waals surface area contributed by atoms with Gasteiger partial charge in [-0.2, -0.15) is 0 Å². The third-order valence-corrected chi connectivity index (χ3v) is 4.40. The minimum Gasteiger partial charge on any atom is -0.367 e. The Morgan fingerprint density at radius 3 is 2.16 bits per heavy atom. The van der Waals surface area contributed by atoms with E-state index in [4.69, 9.17) is 11.6 Å². The molecule has 1 saturated heterocycles. The summed E-state index contributed by atoms with van der Waals surface area (Å²) in [6.45, 7) is 2.48. The monoisotopic (exact) mass is 358 g/mol. The number of carbonyl (C=O) groups is 2. The van der Waals surface area contributed by atoms with Crippen LogP contribution in [0.3, 0.4) is 0 Å². The average molecular weight is 359 g/mol. The van der Waals surface area contributed by atoms with E-state index in [1.54, 1.807) is 29.2 Å². The molecule has 0 spiro atoms. The predicted octanol–water partition coefficient (Wildman–Crippen LogP) is 2.52. The number of benzene rings is 2. The molecular weight excluding hydrogens is 340 g/mol. The number of hydrogen-bond acceptors (Lipinski definition) is 3. The Balaban J connectivity index is 1.49. The van der Waals surface area contributed by atoms with Gasteiger partial charge in [-0.3, -0.25) is 10.2 Å². The first-order valence-corrected chi connectivity index (χ1v) is 8.43. The Morgan fingerprint density at radius 2 is 1.48 bits per heavy atom. The van der Waals surface area contributed by atoms with E-state index in [0.717, 1.165) is 5.69 Å². The maximum Gasteiger partial charge on any atom is 0.336 e. The van der Waals surface area contributed by atoms with Crippen LogP contribution in [0.4, 0.5) is 10.5 Å². The molecule has 1 fully saturated rings. The van der Waals surface area contributed by atoms with E-state index in [-0.39, 0.29) is 11.9 Å². The molecular formula is C18H19ClN4O2. The Bertz CT molecular complexity index is 746. The van der Waals surface area contributed by atoms with E-state index in [0.29, 0.717) is 36.8 Å². The molecule has 0 atom stereocenters. The maximum absolute atomic E-state index is 12.2. The van der Waals surface area contributed by atoms with Gasteiger partial charge >= 0.3 is 6.03 Å². The van der Waals surface area contributed by atoms with Crippen LogP contribution in [0.2, 0.25) is 5.02 Å². The topological polar surface area (TPSA) is 64.7 Å². The highest BCUT2D eigenvalue weighted by molar-refractivity contribution is 6.33. The summed E-state index contributed by atoms with van der Waals surface area (Å²) in [5.41, 5.74) is 6.36. The van der Waals surface area contributed by atoms with Gasteiger partial charge in [-0.05, 0) is 24.3 Å². The van der Waals surface area contributed by atoms with Crippen LogP contribution in [0, 0.1) is 0 Å². The predicted molar refractivity (Wildman–Crippen MR) is 97.7 cm³/mol. The number of urea groups is 1. The minimum atomic E-state index is -0.344. The molecule has 0 aliphatic carbocycles. The Hall–Kier alpha value is -2.73. The number of piperazine rings is 1. The number of carbonyl (C=O) groups excluding carboxylic acids is 2. The van der Waals surface area contributed by atoms with Gasteiger partial charge < -0.3 is 9.80 Å². The van der Waals surface area contributed by atoms with Crippen molar-refractivity contribution < 1.29 is 9.59 Å². The normalized spacial score (nSPS) is 14.1. The van der Waals surface area contributed by atoms with E-state index in [1.165, 1.54) is 0 Å². The number of anilines is 1. The third-order valence-electron chi connectivity index (χ3n) is 4.08. The molecule has 25 heavy (non-hydrogen) atoms. The Kier molecular flexibility index (Phi) is 5.40. The molecule has 1 aliphatic rings. The second-order valence-corrected chi connectivity index (χ2v) is 6.08.